The van der Waals surface area contributed by atoms with Crippen LogP contribution in [0.2, 0.25) is 0 Å². The monoisotopic (exact) mass is 775 g/mol. The number of anilines is 3. The summed E-state index contributed by atoms with van der Waals surface area (Å²) < 4.78 is 6.53. The maximum Gasteiger partial charge on any atom is 0.137 e. The normalized spacial score (nSPS) is 14.6. The molecule has 0 saturated carbocycles. The number of nitrogens with zero attached hydrogens (tertiary/aromatic N) is 1. The Morgan fingerprint density at radius 2 is 0.918 bits per heavy atom. The number of hydrogen-bond donors (Lipinski definition) is 0. The van der Waals surface area contributed by atoms with Crippen molar-refractivity contribution in [2.45, 2.75) is 5.41 Å². The zero-order chi connectivity index (χ0) is 40.1. The van der Waals surface area contributed by atoms with Crippen LogP contribution in [0.15, 0.2) is 229 Å². The molecule has 284 valence electrons. The lowest BCUT2D eigenvalue weighted by Crippen LogP contribution is -2.32. The van der Waals surface area contributed by atoms with Gasteiger partial charge in [-0.15, -0.1) is 0 Å². The number of benzene rings is 10. The van der Waals surface area contributed by atoms with Crippen LogP contribution < -0.4 is 4.90 Å². The lowest BCUT2D eigenvalue weighted by Gasteiger charge is -2.40. The van der Waals surface area contributed by atoms with E-state index >= 15 is 0 Å². The second-order valence-corrected chi connectivity index (χ2v) is 16.4. The second kappa shape index (κ2) is 13.0. The average molecular weight is 776 g/mol. The summed E-state index contributed by atoms with van der Waals surface area (Å²) in [4.78, 5) is 2.40. The molecule has 0 fully saturated rings. The smallest absolute Gasteiger partial charge is 0.137 e. The molecule has 10 aromatic carbocycles. The van der Waals surface area contributed by atoms with Gasteiger partial charge in [-0.05, 0) is 120 Å². The molecule has 2 aliphatic rings. The molecular weight excluding hydrogens is 739 g/mol. The van der Waals surface area contributed by atoms with E-state index in [-0.39, 0.29) is 0 Å². The van der Waals surface area contributed by atoms with Crippen molar-refractivity contribution in [1.29, 1.82) is 0 Å². The predicted molar refractivity (Wildman–Crippen MR) is 253 cm³/mol. The van der Waals surface area contributed by atoms with Crippen molar-refractivity contribution in [2.75, 3.05) is 4.90 Å². The van der Waals surface area contributed by atoms with Gasteiger partial charge in [0.2, 0.25) is 0 Å². The topological polar surface area (TPSA) is 16.4 Å². The van der Waals surface area contributed by atoms with E-state index in [0.717, 1.165) is 39.0 Å². The van der Waals surface area contributed by atoms with Crippen LogP contribution in [0.4, 0.5) is 17.1 Å². The third-order valence-electron chi connectivity index (χ3n) is 13.3. The molecule has 2 nitrogen and oxygen atoms in total. The molecule has 0 saturated heterocycles. The molecule has 0 N–H and O–H groups in total. The Kier molecular flexibility index (Phi) is 7.26. The van der Waals surface area contributed by atoms with Gasteiger partial charge in [-0.3, -0.25) is 0 Å². The minimum absolute atomic E-state index is 0.582. The molecule has 1 heterocycles. The number of fused-ring (bicyclic) bond motifs is 12. The minimum atomic E-state index is -0.582. The molecule has 2 heteroatoms. The third kappa shape index (κ3) is 4.85. The largest absolute Gasteiger partial charge is 0.456 e. The van der Waals surface area contributed by atoms with Crippen molar-refractivity contribution < 1.29 is 4.42 Å². The standard InChI is InChI=1S/C59H37NO/c1-3-14-38(15-4-1)39-28-30-42(31-29-39)60(44-32-34-48-47-21-8-10-27-55(47)61-56(48)37-44)43-33-35-50-54(36-43)59(53-26-13-22-45(58(50)53)40-16-5-2-6-17-40)51-24-9-7-20-46(51)49-23-11-18-41-19-12-25-52(59)57(41)49/h1-37H. The van der Waals surface area contributed by atoms with Crippen LogP contribution in [0.25, 0.3) is 77.2 Å². The molecule has 11 aromatic rings. The summed E-state index contributed by atoms with van der Waals surface area (Å²) >= 11 is 0. The first-order valence-electron chi connectivity index (χ1n) is 21.1. The highest BCUT2D eigenvalue weighted by molar-refractivity contribution is 6.09. The van der Waals surface area contributed by atoms with E-state index in [1.54, 1.807) is 0 Å². The van der Waals surface area contributed by atoms with Gasteiger partial charge in [0.15, 0.2) is 0 Å². The van der Waals surface area contributed by atoms with Gasteiger partial charge in [0.1, 0.15) is 11.2 Å². The highest BCUT2D eigenvalue weighted by Gasteiger charge is 2.51. The Hall–Kier alpha value is -7.94. The van der Waals surface area contributed by atoms with Crippen molar-refractivity contribution in [1.82, 2.24) is 0 Å². The lowest BCUT2D eigenvalue weighted by atomic mass is 9.61. The van der Waals surface area contributed by atoms with Crippen LogP contribution in [0, 0.1) is 0 Å². The van der Waals surface area contributed by atoms with E-state index < -0.39 is 5.41 Å². The van der Waals surface area contributed by atoms with E-state index in [9.17, 15) is 0 Å². The molecule has 1 spiro atoms. The molecule has 2 aliphatic carbocycles. The molecular formula is C59H37NO. The highest BCUT2D eigenvalue weighted by Crippen LogP contribution is 2.63. The third-order valence-corrected chi connectivity index (χ3v) is 13.3. The van der Waals surface area contributed by atoms with Crippen LogP contribution in [0.5, 0.6) is 0 Å². The van der Waals surface area contributed by atoms with E-state index in [1.807, 2.05) is 6.07 Å². The first-order valence-corrected chi connectivity index (χ1v) is 21.1. The number of para-hydroxylation sites is 1. The minimum Gasteiger partial charge on any atom is -0.456 e. The summed E-state index contributed by atoms with van der Waals surface area (Å²) in [6.45, 7) is 0. The van der Waals surface area contributed by atoms with Gasteiger partial charge >= 0.3 is 0 Å². The SMILES string of the molecule is c1ccc(-c2ccc(N(c3ccc4c(c3)C3(c5ccccc5-c5cccc6cccc3c56)c3cccc(-c5ccccc5)c3-4)c3ccc4c(c3)oc3ccccc34)cc2)cc1. The van der Waals surface area contributed by atoms with Gasteiger partial charge in [0, 0.05) is 33.9 Å². The first-order chi connectivity index (χ1) is 30.3. The van der Waals surface area contributed by atoms with Crippen molar-refractivity contribution in [3.63, 3.8) is 0 Å². The Labute approximate surface area is 354 Å². The lowest BCUT2D eigenvalue weighted by molar-refractivity contribution is 0.669. The highest BCUT2D eigenvalue weighted by atomic mass is 16.3. The molecule has 0 amide bonds. The van der Waals surface area contributed by atoms with Crippen LogP contribution in [0.3, 0.4) is 0 Å². The second-order valence-electron chi connectivity index (χ2n) is 16.4. The van der Waals surface area contributed by atoms with E-state index in [0.29, 0.717) is 0 Å². The first kappa shape index (κ1) is 34.0. The van der Waals surface area contributed by atoms with Crippen molar-refractivity contribution >= 4 is 49.8 Å². The van der Waals surface area contributed by atoms with Gasteiger partial charge in [0.05, 0.1) is 5.41 Å². The van der Waals surface area contributed by atoms with Crippen LogP contribution >= 0.6 is 0 Å². The fraction of sp³-hybridized carbons (Fsp3) is 0.0169. The number of rotatable bonds is 5. The fourth-order valence-electron chi connectivity index (χ4n) is 10.7. The molecule has 1 atom stereocenters. The van der Waals surface area contributed by atoms with Gasteiger partial charge in [-0.25, -0.2) is 0 Å². The van der Waals surface area contributed by atoms with E-state index in [1.165, 1.54) is 77.5 Å². The zero-order valence-electron chi connectivity index (χ0n) is 33.2. The van der Waals surface area contributed by atoms with E-state index in [4.69, 9.17) is 4.42 Å². The zero-order valence-corrected chi connectivity index (χ0v) is 33.2. The Bertz CT molecular complexity index is 3520. The van der Waals surface area contributed by atoms with Crippen LogP contribution in [0.1, 0.15) is 22.3 Å². The van der Waals surface area contributed by atoms with Crippen LogP contribution in [-0.2, 0) is 5.41 Å². The Morgan fingerprint density at radius 3 is 1.77 bits per heavy atom. The number of furan rings is 1. The molecule has 61 heavy (non-hydrogen) atoms. The summed E-state index contributed by atoms with van der Waals surface area (Å²) in [5.74, 6) is 0. The van der Waals surface area contributed by atoms with Gasteiger partial charge in [0.25, 0.3) is 0 Å². The van der Waals surface area contributed by atoms with Crippen molar-refractivity contribution in [3.8, 4) is 44.5 Å². The maximum absolute atomic E-state index is 6.53. The average Bonchev–Trinajstić information content (AvgIpc) is 3.85. The molecule has 0 aliphatic heterocycles. The Morgan fingerprint density at radius 1 is 0.328 bits per heavy atom. The summed E-state index contributed by atoms with van der Waals surface area (Å²) in [5.41, 5.74) is 19.6. The summed E-state index contributed by atoms with van der Waals surface area (Å²) in [6.07, 6.45) is 0. The molecule has 0 radical (unpaired) electrons. The van der Waals surface area contributed by atoms with Crippen molar-refractivity contribution in [2.24, 2.45) is 0 Å². The summed E-state index contributed by atoms with van der Waals surface area (Å²) in [5, 5.41) is 4.82. The molecule has 13 rings (SSSR count). The van der Waals surface area contributed by atoms with Crippen LogP contribution in [-0.4, -0.2) is 0 Å². The van der Waals surface area contributed by atoms with Gasteiger partial charge < -0.3 is 9.32 Å². The molecule has 1 unspecified atom stereocenters. The maximum atomic E-state index is 6.53. The van der Waals surface area contributed by atoms with Crippen molar-refractivity contribution in [3.05, 3.63) is 247 Å². The molecule has 1 aromatic heterocycles. The quantitative estimate of drug-likeness (QED) is 0.173. The summed E-state index contributed by atoms with van der Waals surface area (Å²) in [7, 11) is 0. The summed E-state index contributed by atoms with van der Waals surface area (Å²) in [6, 6.07) is 82.4. The number of hydrogen-bond acceptors (Lipinski definition) is 2. The fourth-order valence-corrected chi connectivity index (χ4v) is 10.7. The predicted octanol–water partition coefficient (Wildman–Crippen LogP) is 15.9. The van der Waals surface area contributed by atoms with E-state index in [2.05, 4.69) is 223 Å². The van der Waals surface area contributed by atoms with Gasteiger partial charge in [-0.1, -0.05) is 176 Å². The Balaban J connectivity index is 1.11. The molecule has 0 bridgehead atoms. The van der Waals surface area contributed by atoms with Gasteiger partial charge in [-0.2, -0.15) is 0 Å².